The van der Waals surface area contributed by atoms with E-state index in [1.54, 1.807) is 17.8 Å². The number of thioether (sulfide) groups is 2. The van der Waals surface area contributed by atoms with E-state index >= 15 is 0 Å². The highest BCUT2D eigenvalue weighted by atomic mass is 35.5. The molecule has 0 radical (unpaired) electrons. The summed E-state index contributed by atoms with van der Waals surface area (Å²) in [5, 5.41) is 3.26. The maximum absolute atomic E-state index is 6.46. The molecule has 1 atom stereocenters. The number of aromatic nitrogens is 4. The van der Waals surface area contributed by atoms with E-state index in [9.17, 15) is 0 Å². The number of nitrogens with two attached hydrogens (primary N) is 1. The first-order valence-electron chi connectivity index (χ1n) is 7.92. The average molecular weight is 394 g/mol. The van der Waals surface area contributed by atoms with Crippen LogP contribution in [0.4, 0.5) is 5.82 Å². The van der Waals surface area contributed by atoms with E-state index < -0.39 is 0 Å². The number of rotatable bonds is 5. The molecular weight excluding hydrogens is 374 g/mol. The van der Waals surface area contributed by atoms with Gasteiger partial charge in [-0.05, 0) is 31.2 Å². The van der Waals surface area contributed by atoms with Crippen LogP contribution in [0.3, 0.4) is 0 Å². The minimum Gasteiger partial charge on any atom is -0.384 e. The van der Waals surface area contributed by atoms with Crippen molar-refractivity contribution < 1.29 is 0 Å². The lowest BCUT2D eigenvalue weighted by molar-refractivity contribution is 0.888. The quantitative estimate of drug-likeness (QED) is 0.292. The third-order valence-electron chi connectivity index (χ3n) is 4.01. The van der Waals surface area contributed by atoms with Crippen molar-refractivity contribution in [2.24, 2.45) is 7.05 Å². The Balaban J connectivity index is 1.97. The van der Waals surface area contributed by atoms with Gasteiger partial charge in [0.1, 0.15) is 10.8 Å². The van der Waals surface area contributed by atoms with Gasteiger partial charge in [0, 0.05) is 24.7 Å². The number of halogens is 1. The van der Waals surface area contributed by atoms with Gasteiger partial charge >= 0.3 is 0 Å². The molecule has 0 saturated carbocycles. The molecule has 0 saturated heterocycles. The van der Waals surface area contributed by atoms with Gasteiger partial charge in [0.05, 0.1) is 16.5 Å². The molecule has 3 aromatic rings. The molecular formula is C17H20ClN5S2. The minimum absolute atomic E-state index is 0.0586. The van der Waals surface area contributed by atoms with Crippen molar-refractivity contribution in [2.75, 3.05) is 12.0 Å². The maximum atomic E-state index is 6.46. The second-order valence-corrected chi connectivity index (χ2v) is 8.22. The van der Waals surface area contributed by atoms with Crippen LogP contribution in [0.2, 0.25) is 5.15 Å². The van der Waals surface area contributed by atoms with E-state index in [0.29, 0.717) is 16.1 Å². The van der Waals surface area contributed by atoms with Crippen molar-refractivity contribution in [1.82, 2.24) is 19.5 Å². The molecule has 3 aromatic heterocycles. The molecule has 3 rings (SSSR count). The highest BCUT2D eigenvalue weighted by Crippen LogP contribution is 2.36. The fourth-order valence-electron chi connectivity index (χ4n) is 2.76. The number of fused-ring (bicyclic) bond motifs is 1. The van der Waals surface area contributed by atoms with Crippen LogP contribution in [-0.2, 0) is 13.5 Å². The molecule has 2 N–H and O–H groups in total. The summed E-state index contributed by atoms with van der Waals surface area (Å²) in [6.45, 7) is 4.22. The van der Waals surface area contributed by atoms with Crippen LogP contribution in [0, 0.1) is 0 Å². The molecule has 0 aliphatic rings. The highest BCUT2D eigenvalue weighted by molar-refractivity contribution is 7.99. The zero-order valence-corrected chi connectivity index (χ0v) is 17.0. The van der Waals surface area contributed by atoms with E-state index in [4.69, 9.17) is 17.3 Å². The Morgan fingerprint density at radius 1 is 1.28 bits per heavy atom. The summed E-state index contributed by atoms with van der Waals surface area (Å²) in [5.74, 6) is 0.479. The van der Waals surface area contributed by atoms with Crippen LogP contribution in [-0.4, -0.2) is 25.8 Å². The Bertz CT molecular complexity index is 925. The third-order valence-corrected chi connectivity index (χ3v) is 5.89. The van der Waals surface area contributed by atoms with Crippen molar-refractivity contribution in [3.8, 4) is 0 Å². The summed E-state index contributed by atoms with van der Waals surface area (Å²) in [6, 6.07) is 3.90. The Kier molecular flexibility index (Phi) is 5.46. The van der Waals surface area contributed by atoms with Gasteiger partial charge in [-0.25, -0.2) is 15.0 Å². The smallest absolute Gasteiger partial charge is 0.191 e. The average Bonchev–Trinajstić information content (AvgIpc) is 2.90. The van der Waals surface area contributed by atoms with Gasteiger partial charge < -0.3 is 10.3 Å². The second-order valence-electron chi connectivity index (χ2n) is 5.73. The lowest BCUT2D eigenvalue weighted by Crippen LogP contribution is -2.00. The number of anilines is 1. The SMILES string of the molecule is CCc1cn(C)c2c(Cl)nc(C(C)Sc3nc(N)cc(SC)n3)cc12. The predicted molar refractivity (Wildman–Crippen MR) is 108 cm³/mol. The number of aryl methyl sites for hydroxylation is 2. The molecule has 25 heavy (non-hydrogen) atoms. The molecule has 0 spiro atoms. The number of nitrogens with zero attached hydrogens (tertiary/aromatic N) is 4. The van der Waals surface area contributed by atoms with Gasteiger partial charge in [0.15, 0.2) is 10.3 Å². The summed E-state index contributed by atoms with van der Waals surface area (Å²) < 4.78 is 2.04. The standard InChI is InChI=1S/C17H20ClN5S2/c1-5-10-8-23(3)15-11(10)6-12(20-16(15)18)9(2)25-17-21-13(19)7-14(22-17)24-4/h6-9H,5H2,1-4H3,(H2,19,21,22). The zero-order valence-electron chi connectivity index (χ0n) is 14.6. The van der Waals surface area contributed by atoms with Crippen LogP contribution in [0.15, 0.2) is 28.5 Å². The normalized spacial score (nSPS) is 12.7. The summed E-state index contributed by atoms with van der Waals surface area (Å²) in [7, 11) is 2.00. The number of nitrogen functional groups attached to an aromatic ring is 1. The first kappa shape index (κ1) is 18.4. The fourth-order valence-corrected chi connectivity index (χ4v) is 4.43. The molecule has 5 nitrogen and oxygen atoms in total. The minimum atomic E-state index is 0.0586. The van der Waals surface area contributed by atoms with E-state index in [0.717, 1.165) is 28.0 Å². The molecule has 0 amide bonds. The first-order chi connectivity index (χ1) is 11.9. The first-order valence-corrected chi connectivity index (χ1v) is 10.4. The second kappa shape index (κ2) is 7.43. The lowest BCUT2D eigenvalue weighted by Gasteiger charge is -2.12. The van der Waals surface area contributed by atoms with E-state index in [2.05, 4.69) is 41.1 Å². The van der Waals surface area contributed by atoms with Crippen molar-refractivity contribution in [3.05, 3.63) is 34.7 Å². The Hall–Kier alpha value is -1.44. The molecule has 8 heteroatoms. The Labute approximate surface area is 160 Å². The van der Waals surface area contributed by atoms with Gasteiger partial charge in [-0.1, -0.05) is 30.3 Å². The monoisotopic (exact) mass is 393 g/mol. The molecule has 0 aromatic carbocycles. The molecule has 132 valence electrons. The summed E-state index contributed by atoms with van der Waals surface area (Å²) in [4.78, 5) is 13.4. The number of pyridine rings is 1. The summed E-state index contributed by atoms with van der Waals surface area (Å²) in [5.41, 5.74) is 9.03. The maximum Gasteiger partial charge on any atom is 0.191 e. The Morgan fingerprint density at radius 2 is 2.04 bits per heavy atom. The van der Waals surface area contributed by atoms with Crippen LogP contribution in [0.1, 0.15) is 30.4 Å². The van der Waals surface area contributed by atoms with E-state index in [-0.39, 0.29) is 5.25 Å². The van der Waals surface area contributed by atoms with E-state index in [1.165, 1.54) is 17.3 Å². The van der Waals surface area contributed by atoms with Gasteiger partial charge in [-0.15, -0.1) is 11.8 Å². The summed E-state index contributed by atoms with van der Waals surface area (Å²) >= 11 is 9.54. The molecule has 0 bridgehead atoms. The fraction of sp³-hybridized carbons (Fsp3) is 0.353. The Morgan fingerprint density at radius 3 is 2.72 bits per heavy atom. The third kappa shape index (κ3) is 3.73. The van der Waals surface area contributed by atoms with Gasteiger partial charge in [-0.3, -0.25) is 0 Å². The van der Waals surface area contributed by atoms with Gasteiger partial charge in [0.2, 0.25) is 0 Å². The van der Waals surface area contributed by atoms with Crippen LogP contribution in [0.5, 0.6) is 0 Å². The van der Waals surface area contributed by atoms with Gasteiger partial charge in [0.25, 0.3) is 0 Å². The summed E-state index contributed by atoms with van der Waals surface area (Å²) in [6.07, 6.45) is 5.04. The largest absolute Gasteiger partial charge is 0.384 e. The number of hydrogen-bond acceptors (Lipinski definition) is 6. The van der Waals surface area contributed by atoms with Gasteiger partial charge in [-0.2, -0.15) is 0 Å². The van der Waals surface area contributed by atoms with E-state index in [1.807, 2.05) is 17.9 Å². The van der Waals surface area contributed by atoms with Crippen LogP contribution >= 0.6 is 35.1 Å². The zero-order chi connectivity index (χ0) is 18.1. The molecule has 0 aliphatic carbocycles. The number of hydrogen-bond donors (Lipinski definition) is 1. The van der Waals surface area contributed by atoms with Crippen molar-refractivity contribution in [2.45, 2.75) is 35.7 Å². The van der Waals surface area contributed by atoms with Crippen LogP contribution in [0.25, 0.3) is 10.9 Å². The molecule has 0 fully saturated rings. The van der Waals surface area contributed by atoms with Crippen molar-refractivity contribution in [3.63, 3.8) is 0 Å². The highest BCUT2D eigenvalue weighted by Gasteiger charge is 2.17. The van der Waals surface area contributed by atoms with Crippen molar-refractivity contribution >= 4 is 51.8 Å². The topological polar surface area (TPSA) is 69.6 Å². The molecule has 0 aliphatic heterocycles. The van der Waals surface area contributed by atoms with Crippen molar-refractivity contribution in [1.29, 1.82) is 0 Å². The lowest BCUT2D eigenvalue weighted by atomic mass is 10.1. The molecule has 1 unspecified atom stereocenters. The van der Waals surface area contributed by atoms with Crippen LogP contribution < -0.4 is 5.73 Å². The molecule has 3 heterocycles. The predicted octanol–water partition coefficient (Wildman–Crippen LogP) is 4.74.